The Morgan fingerprint density at radius 1 is 1.35 bits per heavy atom. The third kappa shape index (κ3) is 5.54. The largest absolute Gasteiger partial charge is 0.494 e. The van der Waals surface area contributed by atoms with Crippen molar-refractivity contribution in [1.82, 2.24) is 4.90 Å². The fraction of sp³-hybridized carbons (Fsp3) is 0.500. The molecule has 0 saturated carbocycles. The summed E-state index contributed by atoms with van der Waals surface area (Å²) in [5.41, 5.74) is 6.22. The normalized spacial score (nSPS) is 10.8. The zero-order valence-electron chi connectivity index (χ0n) is 12.0. The number of hydrogen-bond donors (Lipinski definition) is 2. The lowest BCUT2D eigenvalue weighted by Gasteiger charge is -2.22. The van der Waals surface area contributed by atoms with Crippen LogP contribution in [0.15, 0.2) is 18.2 Å². The van der Waals surface area contributed by atoms with Gasteiger partial charge in [0.2, 0.25) is 0 Å². The smallest absolute Gasteiger partial charge is 0.165 e. The Bertz CT molecular complexity index is 440. The molecule has 0 radical (unpaired) electrons. The third-order valence-electron chi connectivity index (χ3n) is 2.93. The molecule has 5 nitrogen and oxygen atoms in total. The van der Waals surface area contributed by atoms with Crippen LogP contribution >= 0.6 is 0 Å². The van der Waals surface area contributed by atoms with Crippen LogP contribution in [0.25, 0.3) is 0 Å². The van der Waals surface area contributed by atoms with Crippen LogP contribution in [0, 0.1) is 11.2 Å². The van der Waals surface area contributed by atoms with E-state index in [0.29, 0.717) is 32.7 Å². The number of hydrogen-bond acceptors (Lipinski definition) is 4. The number of nitrogens with zero attached hydrogens (tertiary/aromatic N) is 1. The molecule has 0 fully saturated rings. The van der Waals surface area contributed by atoms with Crippen LogP contribution in [0.5, 0.6) is 5.75 Å². The highest BCUT2D eigenvalue weighted by Crippen LogP contribution is 2.18. The minimum atomic E-state index is -0.372. The van der Waals surface area contributed by atoms with Crippen molar-refractivity contribution in [1.29, 1.82) is 5.41 Å². The first-order valence-corrected chi connectivity index (χ1v) is 6.43. The Kier molecular flexibility index (Phi) is 6.97. The maximum absolute atomic E-state index is 13.6. The zero-order chi connectivity index (χ0) is 15.0. The van der Waals surface area contributed by atoms with Gasteiger partial charge in [0.05, 0.1) is 19.6 Å². The summed E-state index contributed by atoms with van der Waals surface area (Å²) in [5, 5.41) is 7.27. The molecule has 0 aromatic heterocycles. The van der Waals surface area contributed by atoms with Crippen molar-refractivity contribution in [3.8, 4) is 5.75 Å². The molecule has 0 atom stereocenters. The molecule has 0 amide bonds. The first kappa shape index (κ1) is 16.4. The number of nitrogens with one attached hydrogen (secondary N) is 1. The van der Waals surface area contributed by atoms with Crippen LogP contribution in [0.3, 0.4) is 0 Å². The quantitative estimate of drug-likeness (QED) is 0.533. The van der Waals surface area contributed by atoms with Gasteiger partial charge in [-0.3, -0.25) is 10.3 Å². The average molecular weight is 283 g/mol. The van der Waals surface area contributed by atoms with Crippen LogP contribution < -0.4 is 10.5 Å². The van der Waals surface area contributed by atoms with E-state index >= 15 is 0 Å². The highest BCUT2D eigenvalue weighted by Gasteiger charge is 2.09. The zero-order valence-corrected chi connectivity index (χ0v) is 12.0. The van der Waals surface area contributed by atoms with Gasteiger partial charge in [-0.15, -0.1) is 0 Å². The van der Waals surface area contributed by atoms with Crippen LogP contribution in [0.1, 0.15) is 12.0 Å². The van der Waals surface area contributed by atoms with Gasteiger partial charge in [0, 0.05) is 33.2 Å². The molecule has 0 saturated heterocycles. The van der Waals surface area contributed by atoms with E-state index in [1.807, 2.05) is 6.07 Å². The first-order chi connectivity index (χ1) is 9.56. The summed E-state index contributed by atoms with van der Waals surface area (Å²) in [6, 6.07) is 4.91. The third-order valence-corrected chi connectivity index (χ3v) is 2.93. The van der Waals surface area contributed by atoms with Gasteiger partial charge < -0.3 is 15.2 Å². The maximum Gasteiger partial charge on any atom is 0.165 e. The van der Waals surface area contributed by atoms with Gasteiger partial charge in [0.1, 0.15) is 0 Å². The van der Waals surface area contributed by atoms with Crippen molar-refractivity contribution in [3.05, 3.63) is 29.6 Å². The molecule has 20 heavy (non-hydrogen) atoms. The second-order valence-corrected chi connectivity index (χ2v) is 4.51. The molecule has 0 aliphatic heterocycles. The van der Waals surface area contributed by atoms with E-state index in [4.69, 9.17) is 20.6 Å². The summed E-state index contributed by atoms with van der Waals surface area (Å²) < 4.78 is 23.6. The van der Waals surface area contributed by atoms with Crippen LogP contribution in [-0.2, 0) is 11.3 Å². The molecule has 0 aliphatic rings. The lowest BCUT2D eigenvalue weighted by atomic mass is 10.2. The highest BCUT2D eigenvalue weighted by atomic mass is 19.1. The first-order valence-electron chi connectivity index (χ1n) is 6.43. The van der Waals surface area contributed by atoms with E-state index in [2.05, 4.69) is 4.90 Å². The van der Waals surface area contributed by atoms with Crippen molar-refractivity contribution in [2.75, 3.05) is 33.9 Å². The Hall–Kier alpha value is -1.66. The molecular weight excluding hydrogens is 261 g/mol. The standard InChI is InChI=1S/C14H22FN3O2/c1-19-8-7-18(6-5-14(16)17)10-11-3-4-13(20-2)12(15)9-11/h3-4,9H,5-8,10H2,1-2H3,(H3,16,17). The predicted molar refractivity (Wildman–Crippen MR) is 76.6 cm³/mol. The Morgan fingerprint density at radius 3 is 2.65 bits per heavy atom. The molecule has 3 N–H and O–H groups in total. The van der Waals surface area contributed by atoms with Crippen molar-refractivity contribution >= 4 is 5.84 Å². The SMILES string of the molecule is COCCN(CCC(=N)N)Cc1ccc(OC)c(F)c1. The number of rotatable bonds is 9. The predicted octanol–water partition coefficient (Wildman–Crippen LogP) is 1.61. The monoisotopic (exact) mass is 283 g/mol. The molecule has 1 aromatic rings. The van der Waals surface area contributed by atoms with Crippen molar-refractivity contribution in [2.45, 2.75) is 13.0 Å². The van der Waals surface area contributed by atoms with Crippen molar-refractivity contribution in [2.24, 2.45) is 5.73 Å². The molecular formula is C14H22FN3O2. The lowest BCUT2D eigenvalue weighted by molar-refractivity contribution is 0.145. The molecule has 0 unspecified atom stereocenters. The fourth-order valence-electron chi connectivity index (χ4n) is 1.84. The molecule has 112 valence electrons. The fourth-order valence-corrected chi connectivity index (χ4v) is 1.84. The number of amidine groups is 1. The van der Waals surface area contributed by atoms with Gasteiger partial charge in [-0.1, -0.05) is 6.07 Å². The summed E-state index contributed by atoms with van der Waals surface area (Å²) in [5.74, 6) is 0.0116. The molecule has 1 aromatic carbocycles. The Morgan fingerprint density at radius 2 is 2.10 bits per heavy atom. The minimum absolute atomic E-state index is 0.147. The highest BCUT2D eigenvalue weighted by molar-refractivity contribution is 5.76. The van der Waals surface area contributed by atoms with Gasteiger partial charge in [0.15, 0.2) is 11.6 Å². The number of benzene rings is 1. The maximum atomic E-state index is 13.6. The molecule has 0 spiro atoms. The molecule has 0 bridgehead atoms. The van der Waals surface area contributed by atoms with E-state index in [1.165, 1.54) is 13.2 Å². The van der Waals surface area contributed by atoms with E-state index in [9.17, 15) is 4.39 Å². The average Bonchev–Trinajstić information content (AvgIpc) is 2.42. The lowest BCUT2D eigenvalue weighted by Crippen LogP contribution is -2.30. The second kappa shape index (κ2) is 8.50. The molecule has 0 heterocycles. The van der Waals surface area contributed by atoms with Gasteiger partial charge in [-0.05, 0) is 17.7 Å². The van der Waals surface area contributed by atoms with E-state index < -0.39 is 0 Å². The summed E-state index contributed by atoms with van der Waals surface area (Å²) >= 11 is 0. The van der Waals surface area contributed by atoms with Crippen LogP contribution in [0.4, 0.5) is 4.39 Å². The topological polar surface area (TPSA) is 71.6 Å². The Balaban J connectivity index is 2.67. The summed E-state index contributed by atoms with van der Waals surface area (Å²) in [6.07, 6.45) is 0.488. The van der Waals surface area contributed by atoms with Crippen LogP contribution in [-0.4, -0.2) is 44.7 Å². The van der Waals surface area contributed by atoms with Crippen molar-refractivity contribution < 1.29 is 13.9 Å². The molecule has 6 heteroatoms. The van der Waals surface area contributed by atoms with E-state index in [1.54, 1.807) is 13.2 Å². The minimum Gasteiger partial charge on any atom is -0.494 e. The Labute approximate surface area is 119 Å². The second-order valence-electron chi connectivity index (χ2n) is 4.51. The molecule has 1 rings (SSSR count). The van der Waals surface area contributed by atoms with Gasteiger partial charge in [0.25, 0.3) is 0 Å². The summed E-state index contributed by atoms with van der Waals surface area (Å²) in [4.78, 5) is 2.08. The van der Waals surface area contributed by atoms with Gasteiger partial charge >= 0.3 is 0 Å². The van der Waals surface area contributed by atoms with Gasteiger partial charge in [-0.2, -0.15) is 0 Å². The molecule has 0 aliphatic carbocycles. The van der Waals surface area contributed by atoms with E-state index in [-0.39, 0.29) is 17.4 Å². The number of methoxy groups -OCH3 is 2. The number of nitrogens with two attached hydrogens (primary N) is 1. The van der Waals surface area contributed by atoms with E-state index in [0.717, 1.165) is 5.56 Å². The van der Waals surface area contributed by atoms with Gasteiger partial charge in [-0.25, -0.2) is 4.39 Å². The number of ether oxygens (including phenoxy) is 2. The number of halogens is 1. The summed E-state index contributed by atoms with van der Waals surface area (Å²) in [7, 11) is 3.08. The summed E-state index contributed by atoms with van der Waals surface area (Å²) in [6.45, 7) is 2.51. The van der Waals surface area contributed by atoms with Crippen molar-refractivity contribution in [3.63, 3.8) is 0 Å². The van der Waals surface area contributed by atoms with Crippen LogP contribution in [0.2, 0.25) is 0 Å².